The molecule has 2 aliphatic heterocycles. The summed E-state index contributed by atoms with van der Waals surface area (Å²) in [5.74, 6) is 0.756. The summed E-state index contributed by atoms with van der Waals surface area (Å²) >= 11 is 0. The minimum absolute atomic E-state index is 0.0527. The maximum atomic E-state index is 12.8. The number of pyridine rings is 3. The van der Waals surface area contributed by atoms with E-state index < -0.39 is 5.97 Å². The first-order chi connectivity index (χ1) is 16.6. The number of amides is 1. The van der Waals surface area contributed by atoms with E-state index in [4.69, 9.17) is 14.2 Å². The van der Waals surface area contributed by atoms with E-state index in [1.165, 1.54) is 0 Å². The van der Waals surface area contributed by atoms with Crippen LogP contribution in [0.25, 0.3) is 11.0 Å². The van der Waals surface area contributed by atoms with Crippen molar-refractivity contribution in [1.29, 1.82) is 0 Å². The standard InChI is InChI=1S/C23H24N6O5/c1-32-19-5-3-16-22(27-19)17(6-7-25-16)29-11-10-28(20(30)13-29)9-8-24-12-15-2-4-18-23(26-15)34-21(31)14-33-18/h2-7,24H,8-14H2,1H3. The molecule has 0 aromatic carbocycles. The van der Waals surface area contributed by atoms with Crippen molar-refractivity contribution in [3.05, 3.63) is 42.2 Å². The molecule has 1 N–H and O–H groups in total. The molecule has 1 fully saturated rings. The molecule has 3 aromatic rings. The first-order valence-electron chi connectivity index (χ1n) is 11.0. The largest absolute Gasteiger partial charge is 0.481 e. The Kier molecular flexibility index (Phi) is 6.09. The molecule has 0 saturated carbocycles. The predicted molar refractivity (Wildman–Crippen MR) is 122 cm³/mol. The van der Waals surface area contributed by atoms with Crippen LogP contribution in [0.4, 0.5) is 5.69 Å². The van der Waals surface area contributed by atoms with Crippen LogP contribution in [-0.2, 0) is 16.1 Å². The van der Waals surface area contributed by atoms with Gasteiger partial charge in [0.15, 0.2) is 12.4 Å². The average Bonchev–Trinajstić information content (AvgIpc) is 2.86. The number of ether oxygens (including phenoxy) is 3. The van der Waals surface area contributed by atoms with Crippen LogP contribution in [0.3, 0.4) is 0 Å². The number of carbonyl (C=O) groups is 2. The molecule has 1 amide bonds. The Balaban J connectivity index is 1.14. The fourth-order valence-corrected chi connectivity index (χ4v) is 3.96. The van der Waals surface area contributed by atoms with Gasteiger partial charge in [-0.25, -0.2) is 14.8 Å². The van der Waals surface area contributed by atoms with Crippen LogP contribution >= 0.6 is 0 Å². The summed E-state index contributed by atoms with van der Waals surface area (Å²) in [5, 5.41) is 3.28. The van der Waals surface area contributed by atoms with Gasteiger partial charge in [-0.15, -0.1) is 0 Å². The van der Waals surface area contributed by atoms with Crippen molar-refractivity contribution in [3.8, 4) is 17.5 Å². The molecule has 0 spiro atoms. The number of hydrogen-bond donors (Lipinski definition) is 1. The molecule has 0 bridgehead atoms. The molecule has 0 atom stereocenters. The minimum atomic E-state index is -0.461. The highest BCUT2D eigenvalue weighted by Crippen LogP contribution is 2.28. The van der Waals surface area contributed by atoms with E-state index in [0.29, 0.717) is 44.4 Å². The number of hydrogen-bond acceptors (Lipinski definition) is 10. The van der Waals surface area contributed by atoms with Crippen LogP contribution in [0.1, 0.15) is 5.69 Å². The number of anilines is 1. The van der Waals surface area contributed by atoms with Crippen LogP contribution in [0, 0.1) is 0 Å². The number of rotatable bonds is 7. The summed E-state index contributed by atoms with van der Waals surface area (Å²) in [5.41, 5.74) is 3.08. The zero-order chi connectivity index (χ0) is 23.5. The molecular weight excluding hydrogens is 440 g/mol. The van der Waals surface area contributed by atoms with Gasteiger partial charge in [0.05, 0.1) is 30.6 Å². The van der Waals surface area contributed by atoms with Gasteiger partial charge in [-0.2, -0.15) is 0 Å². The third-order valence-electron chi connectivity index (χ3n) is 5.71. The summed E-state index contributed by atoms with van der Waals surface area (Å²) in [6.07, 6.45) is 1.73. The molecule has 34 heavy (non-hydrogen) atoms. The summed E-state index contributed by atoms with van der Waals surface area (Å²) in [7, 11) is 1.57. The lowest BCUT2D eigenvalue weighted by atomic mass is 10.2. The first kappa shape index (κ1) is 21.8. The molecule has 176 valence electrons. The van der Waals surface area contributed by atoms with Gasteiger partial charge in [0.1, 0.15) is 5.52 Å². The fraction of sp³-hybridized carbons (Fsp3) is 0.348. The number of carbonyl (C=O) groups excluding carboxylic acids is 2. The van der Waals surface area contributed by atoms with Gasteiger partial charge in [0.2, 0.25) is 11.8 Å². The van der Waals surface area contributed by atoms with Crippen molar-refractivity contribution in [2.24, 2.45) is 0 Å². The molecule has 1 saturated heterocycles. The van der Waals surface area contributed by atoms with Crippen molar-refractivity contribution >= 4 is 28.6 Å². The fourth-order valence-electron chi connectivity index (χ4n) is 3.96. The second kappa shape index (κ2) is 9.48. The quantitative estimate of drug-likeness (QED) is 0.397. The van der Waals surface area contributed by atoms with E-state index in [1.54, 1.807) is 25.4 Å². The topological polar surface area (TPSA) is 119 Å². The molecule has 0 radical (unpaired) electrons. The van der Waals surface area contributed by atoms with Crippen molar-refractivity contribution in [3.63, 3.8) is 0 Å². The molecule has 5 rings (SSSR count). The number of methoxy groups -OCH3 is 1. The van der Waals surface area contributed by atoms with E-state index >= 15 is 0 Å². The van der Waals surface area contributed by atoms with Crippen LogP contribution in [-0.4, -0.2) is 78.2 Å². The lowest BCUT2D eigenvalue weighted by molar-refractivity contribution is -0.139. The third-order valence-corrected chi connectivity index (χ3v) is 5.71. The monoisotopic (exact) mass is 464 g/mol. The van der Waals surface area contributed by atoms with Crippen molar-refractivity contribution in [2.75, 3.05) is 51.3 Å². The Labute approximate surface area is 195 Å². The van der Waals surface area contributed by atoms with Gasteiger partial charge in [-0.1, -0.05) is 0 Å². The van der Waals surface area contributed by atoms with E-state index in [0.717, 1.165) is 22.4 Å². The third kappa shape index (κ3) is 4.55. The van der Waals surface area contributed by atoms with Crippen LogP contribution < -0.4 is 24.4 Å². The molecule has 0 unspecified atom stereocenters. The minimum Gasteiger partial charge on any atom is -0.481 e. The van der Waals surface area contributed by atoms with E-state index in [-0.39, 0.29) is 24.9 Å². The van der Waals surface area contributed by atoms with Gasteiger partial charge in [-0.3, -0.25) is 9.78 Å². The number of fused-ring (bicyclic) bond motifs is 2. The smallest absolute Gasteiger partial charge is 0.351 e. The summed E-state index contributed by atoms with van der Waals surface area (Å²) in [4.78, 5) is 41.2. The Morgan fingerprint density at radius 3 is 2.88 bits per heavy atom. The second-order valence-electron chi connectivity index (χ2n) is 7.90. The Hall–Kier alpha value is -3.99. The van der Waals surface area contributed by atoms with Gasteiger partial charge in [0, 0.05) is 45.0 Å². The normalized spacial score (nSPS) is 15.7. The maximum Gasteiger partial charge on any atom is 0.351 e. The van der Waals surface area contributed by atoms with Gasteiger partial charge in [-0.05, 0) is 24.3 Å². The molecule has 0 aliphatic carbocycles. The van der Waals surface area contributed by atoms with Gasteiger partial charge >= 0.3 is 5.97 Å². The number of esters is 1. The lowest BCUT2D eigenvalue weighted by Gasteiger charge is -2.35. The highest BCUT2D eigenvalue weighted by atomic mass is 16.6. The molecule has 11 nitrogen and oxygen atoms in total. The molecule has 3 aromatic heterocycles. The Bertz CT molecular complexity index is 1240. The first-order valence-corrected chi connectivity index (χ1v) is 11.0. The molecular formula is C23H24N6O5. The Morgan fingerprint density at radius 1 is 1.12 bits per heavy atom. The zero-order valence-electron chi connectivity index (χ0n) is 18.7. The highest BCUT2D eigenvalue weighted by molar-refractivity contribution is 5.91. The van der Waals surface area contributed by atoms with E-state index in [1.807, 2.05) is 28.0 Å². The van der Waals surface area contributed by atoms with Crippen molar-refractivity contribution < 1.29 is 23.8 Å². The number of aromatic nitrogens is 3. The van der Waals surface area contributed by atoms with Gasteiger partial charge < -0.3 is 29.3 Å². The number of nitrogens with zero attached hydrogens (tertiary/aromatic N) is 5. The van der Waals surface area contributed by atoms with Crippen LogP contribution in [0.15, 0.2) is 36.5 Å². The second-order valence-corrected chi connectivity index (χ2v) is 7.90. The molecule has 5 heterocycles. The summed E-state index contributed by atoms with van der Waals surface area (Å²) < 4.78 is 15.6. The number of piperazine rings is 1. The van der Waals surface area contributed by atoms with Crippen LogP contribution in [0.5, 0.6) is 17.5 Å². The zero-order valence-corrected chi connectivity index (χ0v) is 18.7. The maximum absolute atomic E-state index is 12.8. The SMILES string of the molecule is COc1ccc2nccc(N3CCN(CCNCc4ccc5c(n4)OC(=O)CO5)C(=O)C3)c2n1. The Morgan fingerprint density at radius 2 is 2.03 bits per heavy atom. The number of nitrogens with one attached hydrogen (secondary N) is 1. The lowest BCUT2D eigenvalue weighted by Crippen LogP contribution is -2.52. The van der Waals surface area contributed by atoms with E-state index in [9.17, 15) is 9.59 Å². The molecule has 2 aliphatic rings. The summed E-state index contributed by atoms with van der Waals surface area (Å²) in [6, 6.07) is 9.07. The van der Waals surface area contributed by atoms with Gasteiger partial charge in [0.25, 0.3) is 5.88 Å². The highest BCUT2D eigenvalue weighted by Gasteiger charge is 2.25. The average molecular weight is 464 g/mol. The van der Waals surface area contributed by atoms with Crippen molar-refractivity contribution in [1.82, 2.24) is 25.2 Å². The summed E-state index contributed by atoms with van der Waals surface area (Å²) in [6.45, 7) is 3.15. The molecule has 11 heteroatoms. The predicted octanol–water partition coefficient (Wildman–Crippen LogP) is 0.770. The van der Waals surface area contributed by atoms with Crippen molar-refractivity contribution in [2.45, 2.75) is 6.54 Å². The van der Waals surface area contributed by atoms with E-state index in [2.05, 4.69) is 20.3 Å². The van der Waals surface area contributed by atoms with Crippen LogP contribution in [0.2, 0.25) is 0 Å².